The third-order valence-corrected chi connectivity index (χ3v) is 4.57. The molecule has 1 amide bonds. The fourth-order valence-corrected chi connectivity index (χ4v) is 3.20. The average molecular weight is 380 g/mol. The predicted octanol–water partition coefficient (Wildman–Crippen LogP) is 3.35. The maximum atomic E-state index is 12.1. The van der Waals surface area contributed by atoms with Crippen molar-refractivity contribution in [1.82, 2.24) is 5.32 Å². The summed E-state index contributed by atoms with van der Waals surface area (Å²) in [5.74, 6) is -1.00. The number of amides is 1. The molecule has 2 aromatic carbocycles. The number of rotatable bonds is 6. The van der Waals surface area contributed by atoms with Gasteiger partial charge in [0.15, 0.2) is 6.61 Å². The van der Waals surface area contributed by atoms with Crippen molar-refractivity contribution < 1.29 is 19.2 Å². The van der Waals surface area contributed by atoms with Gasteiger partial charge in [0.25, 0.3) is 11.6 Å². The molecule has 1 aliphatic carbocycles. The lowest BCUT2D eigenvalue weighted by molar-refractivity contribution is -0.384. The Hall–Kier alpha value is -3.48. The Morgan fingerprint density at radius 3 is 2.68 bits per heavy atom. The summed E-state index contributed by atoms with van der Waals surface area (Å²) in [5.41, 5.74) is 2.94. The molecular formula is C21H20N2O5. The van der Waals surface area contributed by atoms with Crippen molar-refractivity contribution in [2.75, 3.05) is 6.61 Å². The number of non-ortho nitro benzene ring substituents is 1. The molecule has 2 aromatic rings. The number of nitro groups is 1. The Bertz CT molecular complexity index is 905. The molecule has 1 unspecified atom stereocenters. The van der Waals surface area contributed by atoms with E-state index in [2.05, 4.69) is 11.4 Å². The minimum absolute atomic E-state index is 0.0271. The molecule has 1 atom stereocenters. The van der Waals surface area contributed by atoms with Crippen LogP contribution >= 0.6 is 0 Å². The van der Waals surface area contributed by atoms with E-state index < -0.39 is 10.9 Å². The molecule has 0 aliphatic heterocycles. The largest absolute Gasteiger partial charge is 0.452 e. The molecule has 0 saturated heterocycles. The van der Waals surface area contributed by atoms with Crippen LogP contribution in [0.4, 0.5) is 5.69 Å². The summed E-state index contributed by atoms with van der Waals surface area (Å²) in [6.07, 6.45) is 5.52. The van der Waals surface area contributed by atoms with E-state index in [1.807, 2.05) is 18.2 Å². The third kappa shape index (κ3) is 5.03. The standard InChI is InChI=1S/C21H20N2O5/c24-20(22-19-7-3-5-16-4-1-2-6-18(16)19)14-28-21(25)13-10-15-8-11-17(12-9-15)23(26)27/h1-2,4,6,8-13,19H,3,5,7,14H2,(H,22,24)/b13-10+. The lowest BCUT2D eigenvalue weighted by Gasteiger charge is -2.26. The smallest absolute Gasteiger partial charge is 0.331 e. The Balaban J connectivity index is 1.48. The average Bonchev–Trinajstić information content (AvgIpc) is 2.71. The molecule has 144 valence electrons. The number of nitrogens with zero attached hydrogens (tertiary/aromatic N) is 1. The van der Waals surface area contributed by atoms with Crippen molar-refractivity contribution in [3.8, 4) is 0 Å². The van der Waals surface area contributed by atoms with Crippen LogP contribution in [0, 0.1) is 10.1 Å². The van der Waals surface area contributed by atoms with Gasteiger partial charge in [0, 0.05) is 18.2 Å². The normalized spacial score (nSPS) is 15.6. The summed E-state index contributed by atoms with van der Waals surface area (Å²) in [4.78, 5) is 34.0. The summed E-state index contributed by atoms with van der Waals surface area (Å²) in [6.45, 7) is -0.359. The fraction of sp³-hybridized carbons (Fsp3) is 0.238. The van der Waals surface area contributed by atoms with E-state index in [1.165, 1.54) is 42.0 Å². The van der Waals surface area contributed by atoms with Crippen LogP contribution in [-0.4, -0.2) is 23.4 Å². The first-order chi connectivity index (χ1) is 13.5. The molecule has 28 heavy (non-hydrogen) atoms. The molecule has 1 N–H and O–H groups in total. The van der Waals surface area contributed by atoms with E-state index in [4.69, 9.17) is 4.74 Å². The number of ether oxygens (including phenoxy) is 1. The second-order valence-corrected chi connectivity index (χ2v) is 6.50. The van der Waals surface area contributed by atoms with Crippen LogP contribution in [0.1, 0.15) is 35.6 Å². The fourth-order valence-electron chi connectivity index (χ4n) is 3.20. The quantitative estimate of drug-likeness (QED) is 0.359. The molecule has 0 fully saturated rings. The zero-order valence-corrected chi connectivity index (χ0v) is 15.2. The number of hydrogen-bond acceptors (Lipinski definition) is 5. The van der Waals surface area contributed by atoms with Crippen molar-refractivity contribution >= 4 is 23.6 Å². The number of nitro benzene ring substituents is 1. The Morgan fingerprint density at radius 1 is 1.18 bits per heavy atom. The molecular weight excluding hydrogens is 360 g/mol. The number of carbonyl (C=O) groups is 2. The minimum atomic E-state index is -0.655. The van der Waals surface area contributed by atoms with Gasteiger partial charge in [0.1, 0.15) is 0 Å². The van der Waals surface area contributed by atoms with Gasteiger partial charge >= 0.3 is 5.97 Å². The van der Waals surface area contributed by atoms with Crippen LogP contribution < -0.4 is 5.32 Å². The van der Waals surface area contributed by atoms with Crippen molar-refractivity contribution in [2.45, 2.75) is 25.3 Å². The summed E-state index contributed by atoms with van der Waals surface area (Å²) in [6, 6.07) is 13.7. The number of hydrogen-bond donors (Lipinski definition) is 1. The molecule has 0 saturated carbocycles. The zero-order chi connectivity index (χ0) is 19.9. The summed E-state index contributed by atoms with van der Waals surface area (Å²) >= 11 is 0. The highest BCUT2D eigenvalue weighted by Crippen LogP contribution is 2.29. The first-order valence-electron chi connectivity index (χ1n) is 8.99. The van der Waals surface area contributed by atoms with Gasteiger partial charge in [-0.15, -0.1) is 0 Å². The van der Waals surface area contributed by atoms with E-state index >= 15 is 0 Å². The molecule has 7 nitrogen and oxygen atoms in total. The van der Waals surface area contributed by atoms with Crippen molar-refractivity contribution in [3.63, 3.8) is 0 Å². The number of carbonyl (C=O) groups excluding carboxylic acids is 2. The zero-order valence-electron chi connectivity index (χ0n) is 15.2. The minimum Gasteiger partial charge on any atom is -0.452 e. The predicted molar refractivity (Wildman–Crippen MR) is 103 cm³/mol. The molecule has 0 radical (unpaired) electrons. The van der Waals surface area contributed by atoms with Crippen LogP contribution in [0.15, 0.2) is 54.6 Å². The summed E-state index contributed by atoms with van der Waals surface area (Å²) < 4.78 is 4.97. The Morgan fingerprint density at radius 2 is 1.93 bits per heavy atom. The maximum Gasteiger partial charge on any atom is 0.331 e. The van der Waals surface area contributed by atoms with E-state index in [1.54, 1.807) is 0 Å². The van der Waals surface area contributed by atoms with Crippen LogP contribution in [0.2, 0.25) is 0 Å². The van der Waals surface area contributed by atoms with Gasteiger partial charge < -0.3 is 10.1 Å². The lowest BCUT2D eigenvalue weighted by atomic mass is 9.88. The van der Waals surface area contributed by atoms with Gasteiger partial charge in [-0.25, -0.2) is 4.79 Å². The monoisotopic (exact) mass is 380 g/mol. The topological polar surface area (TPSA) is 98.5 Å². The van der Waals surface area contributed by atoms with Gasteiger partial charge in [0.2, 0.25) is 0 Å². The summed E-state index contributed by atoms with van der Waals surface area (Å²) in [7, 11) is 0. The first-order valence-corrected chi connectivity index (χ1v) is 8.99. The van der Waals surface area contributed by atoms with Gasteiger partial charge in [0.05, 0.1) is 11.0 Å². The Kier molecular flexibility index (Phi) is 6.16. The van der Waals surface area contributed by atoms with Crippen LogP contribution in [0.5, 0.6) is 0 Å². The van der Waals surface area contributed by atoms with Crippen LogP contribution in [0.3, 0.4) is 0 Å². The number of esters is 1. The highest BCUT2D eigenvalue weighted by Gasteiger charge is 2.21. The molecule has 0 heterocycles. The van der Waals surface area contributed by atoms with E-state index in [0.29, 0.717) is 5.56 Å². The van der Waals surface area contributed by atoms with Crippen molar-refractivity contribution in [3.05, 3.63) is 81.4 Å². The van der Waals surface area contributed by atoms with Crippen molar-refractivity contribution in [1.29, 1.82) is 0 Å². The molecule has 0 spiro atoms. The van der Waals surface area contributed by atoms with Gasteiger partial charge in [-0.05, 0) is 54.2 Å². The Labute approximate surface area is 162 Å². The molecule has 7 heteroatoms. The second-order valence-electron chi connectivity index (χ2n) is 6.50. The van der Waals surface area contributed by atoms with Crippen LogP contribution in [0.25, 0.3) is 6.08 Å². The highest BCUT2D eigenvalue weighted by atomic mass is 16.6. The molecule has 0 aromatic heterocycles. The summed E-state index contributed by atoms with van der Waals surface area (Å²) in [5, 5.41) is 13.5. The third-order valence-electron chi connectivity index (χ3n) is 4.57. The number of fused-ring (bicyclic) bond motifs is 1. The number of nitrogens with one attached hydrogen (secondary N) is 1. The van der Waals surface area contributed by atoms with Gasteiger partial charge in [-0.1, -0.05) is 24.3 Å². The van der Waals surface area contributed by atoms with E-state index in [-0.39, 0.29) is 24.2 Å². The SMILES string of the molecule is O=C(COC(=O)/C=C/c1ccc([N+](=O)[O-])cc1)NC1CCCc2ccccc21. The van der Waals surface area contributed by atoms with Crippen LogP contribution in [-0.2, 0) is 20.7 Å². The molecule has 1 aliphatic rings. The first kappa shape index (κ1) is 19.3. The number of benzene rings is 2. The highest BCUT2D eigenvalue weighted by molar-refractivity contribution is 5.89. The van der Waals surface area contributed by atoms with Gasteiger partial charge in [-0.3, -0.25) is 14.9 Å². The molecule has 0 bridgehead atoms. The maximum absolute atomic E-state index is 12.1. The molecule has 3 rings (SSSR count). The van der Waals surface area contributed by atoms with Crippen molar-refractivity contribution in [2.24, 2.45) is 0 Å². The van der Waals surface area contributed by atoms with E-state index in [0.717, 1.165) is 24.8 Å². The van der Waals surface area contributed by atoms with E-state index in [9.17, 15) is 19.7 Å². The lowest BCUT2D eigenvalue weighted by Crippen LogP contribution is -2.34. The second kappa shape index (κ2) is 8.94. The van der Waals surface area contributed by atoms with Gasteiger partial charge in [-0.2, -0.15) is 0 Å². The number of aryl methyl sites for hydroxylation is 1.